The molecular weight excluding hydrogens is 264 g/mol. The van der Waals surface area contributed by atoms with E-state index in [1.54, 1.807) is 11.9 Å². The Morgan fingerprint density at radius 2 is 2.05 bits per heavy atom. The van der Waals surface area contributed by atoms with Gasteiger partial charge in [-0.1, -0.05) is 19.8 Å². The number of carbonyl (C=O) groups excluding carboxylic acids is 1. The van der Waals surface area contributed by atoms with Crippen LogP contribution in [0.4, 0.5) is 0 Å². The van der Waals surface area contributed by atoms with Crippen LogP contribution in [0.2, 0.25) is 0 Å². The normalized spacial score (nSPS) is 38.1. The highest BCUT2D eigenvalue weighted by atomic mass is 32.2. The molecule has 19 heavy (non-hydrogen) atoms. The first-order chi connectivity index (χ1) is 8.73. The standard InChI is InChI=1S/C13H24N2O3S/c1-10-4-3-6-13(14,8-10)12(16)15(2)11-5-7-19(17,18)9-11/h10-11H,3-9,14H2,1-2H3. The van der Waals surface area contributed by atoms with Crippen molar-refractivity contribution < 1.29 is 13.2 Å². The average molecular weight is 288 g/mol. The molecule has 1 amide bonds. The van der Waals surface area contributed by atoms with Gasteiger partial charge in [-0.25, -0.2) is 8.42 Å². The molecule has 2 N–H and O–H groups in total. The number of rotatable bonds is 2. The molecule has 6 heteroatoms. The molecular formula is C13H24N2O3S. The van der Waals surface area contributed by atoms with Crippen molar-refractivity contribution in [2.75, 3.05) is 18.6 Å². The second-order valence-corrected chi connectivity index (χ2v) is 8.56. The van der Waals surface area contributed by atoms with E-state index in [1.807, 2.05) is 0 Å². The lowest BCUT2D eigenvalue weighted by Crippen LogP contribution is -2.58. The van der Waals surface area contributed by atoms with Gasteiger partial charge in [0.25, 0.3) is 0 Å². The Labute approximate surface area is 115 Å². The zero-order valence-corrected chi connectivity index (χ0v) is 12.6. The Hall–Kier alpha value is -0.620. The monoisotopic (exact) mass is 288 g/mol. The first kappa shape index (κ1) is 14.8. The largest absolute Gasteiger partial charge is 0.340 e. The quantitative estimate of drug-likeness (QED) is 0.804. The van der Waals surface area contributed by atoms with E-state index in [-0.39, 0.29) is 23.5 Å². The van der Waals surface area contributed by atoms with Crippen LogP contribution in [0.25, 0.3) is 0 Å². The summed E-state index contributed by atoms with van der Waals surface area (Å²) in [4.78, 5) is 14.2. The second-order valence-electron chi connectivity index (χ2n) is 6.33. The molecule has 5 nitrogen and oxygen atoms in total. The van der Waals surface area contributed by atoms with E-state index < -0.39 is 15.4 Å². The molecule has 2 fully saturated rings. The van der Waals surface area contributed by atoms with Gasteiger partial charge >= 0.3 is 0 Å². The van der Waals surface area contributed by atoms with E-state index in [1.165, 1.54) is 0 Å². The molecule has 0 radical (unpaired) electrons. The maximum Gasteiger partial charge on any atom is 0.242 e. The van der Waals surface area contributed by atoms with Crippen LogP contribution in [0.15, 0.2) is 0 Å². The maximum absolute atomic E-state index is 12.6. The number of likely N-dealkylation sites (N-methyl/N-ethyl adjacent to an activating group) is 1. The van der Waals surface area contributed by atoms with Gasteiger partial charge in [0.1, 0.15) is 0 Å². The average Bonchev–Trinajstić information content (AvgIpc) is 2.67. The van der Waals surface area contributed by atoms with Crippen LogP contribution in [0.3, 0.4) is 0 Å². The molecule has 1 saturated heterocycles. The van der Waals surface area contributed by atoms with Crippen molar-refractivity contribution in [2.45, 2.75) is 50.6 Å². The summed E-state index contributed by atoms with van der Waals surface area (Å²) in [7, 11) is -1.27. The number of sulfone groups is 1. The van der Waals surface area contributed by atoms with Crippen LogP contribution >= 0.6 is 0 Å². The van der Waals surface area contributed by atoms with E-state index in [2.05, 4.69) is 6.92 Å². The highest BCUT2D eigenvalue weighted by Crippen LogP contribution is 2.32. The zero-order valence-electron chi connectivity index (χ0n) is 11.8. The predicted molar refractivity (Wildman–Crippen MR) is 74.4 cm³/mol. The summed E-state index contributed by atoms with van der Waals surface area (Å²) in [5.74, 6) is 0.647. The van der Waals surface area contributed by atoms with E-state index in [0.717, 1.165) is 12.8 Å². The van der Waals surface area contributed by atoms with Crippen LogP contribution in [-0.2, 0) is 14.6 Å². The lowest BCUT2D eigenvalue weighted by molar-refractivity contribution is -0.139. The summed E-state index contributed by atoms with van der Waals surface area (Å²) in [6.45, 7) is 2.12. The summed E-state index contributed by atoms with van der Waals surface area (Å²) < 4.78 is 23.0. The number of nitrogens with zero attached hydrogens (tertiary/aromatic N) is 1. The molecule has 110 valence electrons. The van der Waals surface area contributed by atoms with Crippen molar-refractivity contribution in [2.24, 2.45) is 11.7 Å². The van der Waals surface area contributed by atoms with Gasteiger partial charge in [0.05, 0.1) is 17.0 Å². The van der Waals surface area contributed by atoms with Crippen molar-refractivity contribution in [1.29, 1.82) is 0 Å². The van der Waals surface area contributed by atoms with Gasteiger partial charge in [0.15, 0.2) is 9.84 Å². The van der Waals surface area contributed by atoms with Crippen LogP contribution in [0.5, 0.6) is 0 Å². The van der Waals surface area contributed by atoms with Gasteiger partial charge in [-0.05, 0) is 25.2 Å². The van der Waals surface area contributed by atoms with Crippen molar-refractivity contribution in [1.82, 2.24) is 4.90 Å². The molecule has 1 heterocycles. The molecule has 3 atom stereocenters. The third-order valence-electron chi connectivity index (χ3n) is 4.53. The van der Waals surface area contributed by atoms with Crippen molar-refractivity contribution in [3.8, 4) is 0 Å². The fraction of sp³-hybridized carbons (Fsp3) is 0.923. The fourth-order valence-electron chi connectivity index (χ4n) is 3.38. The number of hydrogen-bond acceptors (Lipinski definition) is 4. The van der Waals surface area contributed by atoms with Crippen LogP contribution in [-0.4, -0.2) is 49.4 Å². The first-order valence-electron chi connectivity index (χ1n) is 7.00. The number of hydrogen-bond donors (Lipinski definition) is 1. The molecule has 0 spiro atoms. The first-order valence-corrected chi connectivity index (χ1v) is 8.82. The molecule has 3 unspecified atom stereocenters. The molecule has 0 aromatic rings. The minimum absolute atomic E-state index is 0.0823. The maximum atomic E-state index is 12.6. The highest BCUT2D eigenvalue weighted by molar-refractivity contribution is 7.91. The fourth-order valence-corrected chi connectivity index (χ4v) is 5.16. The van der Waals surface area contributed by atoms with Gasteiger partial charge in [-0.2, -0.15) is 0 Å². The summed E-state index contributed by atoms with van der Waals surface area (Å²) in [5.41, 5.74) is 5.50. The summed E-state index contributed by atoms with van der Waals surface area (Å²) in [6, 6.07) is -0.199. The summed E-state index contributed by atoms with van der Waals surface area (Å²) >= 11 is 0. The Kier molecular flexibility index (Phi) is 3.93. The van der Waals surface area contributed by atoms with Gasteiger partial charge < -0.3 is 10.6 Å². The predicted octanol–water partition coefficient (Wildman–Crippen LogP) is 0.540. The third kappa shape index (κ3) is 3.11. The Bertz CT molecular complexity index is 463. The minimum atomic E-state index is -2.97. The van der Waals surface area contributed by atoms with Gasteiger partial charge in [-0.3, -0.25) is 4.79 Å². The summed E-state index contributed by atoms with van der Waals surface area (Å²) in [5, 5.41) is 0. The Morgan fingerprint density at radius 3 is 2.58 bits per heavy atom. The van der Waals surface area contributed by atoms with Crippen molar-refractivity contribution >= 4 is 15.7 Å². The molecule has 0 aromatic heterocycles. The van der Waals surface area contributed by atoms with Crippen molar-refractivity contribution in [3.63, 3.8) is 0 Å². The summed E-state index contributed by atoms with van der Waals surface area (Å²) in [6.07, 6.45) is 4.04. The number of nitrogens with two attached hydrogens (primary N) is 1. The minimum Gasteiger partial charge on any atom is -0.340 e. The van der Waals surface area contributed by atoms with E-state index in [4.69, 9.17) is 5.73 Å². The molecule has 2 aliphatic rings. The number of carbonyl (C=O) groups is 1. The lowest BCUT2D eigenvalue weighted by Gasteiger charge is -2.39. The van der Waals surface area contributed by atoms with Crippen LogP contribution < -0.4 is 5.73 Å². The SMILES string of the molecule is CC1CCCC(N)(C(=O)N(C)C2CCS(=O)(=O)C2)C1. The van der Waals surface area contributed by atoms with E-state index >= 15 is 0 Å². The zero-order chi connectivity index (χ0) is 14.3. The Balaban J connectivity index is 2.07. The molecule has 0 aromatic carbocycles. The molecule has 2 rings (SSSR count). The Morgan fingerprint density at radius 1 is 1.37 bits per heavy atom. The van der Waals surface area contributed by atoms with Gasteiger partial charge in [0, 0.05) is 13.1 Å². The lowest BCUT2D eigenvalue weighted by atomic mass is 9.76. The highest BCUT2D eigenvalue weighted by Gasteiger charge is 2.43. The van der Waals surface area contributed by atoms with Crippen LogP contribution in [0.1, 0.15) is 39.0 Å². The molecule has 1 aliphatic carbocycles. The molecule has 1 saturated carbocycles. The van der Waals surface area contributed by atoms with E-state index in [9.17, 15) is 13.2 Å². The number of amides is 1. The van der Waals surface area contributed by atoms with Crippen LogP contribution in [0, 0.1) is 5.92 Å². The van der Waals surface area contributed by atoms with Crippen molar-refractivity contribution in [3.05, 3.63) is 0 Å². The second kappa shape index (κ2) is 5.05. The van der Waals surface area contributed by atoms with Gasteiger partial charge in [-0.15, -0.1) is 0 Å². The van der Waals surface area contributed by atoms with Gasteiger partial charge in [0.2, 0.25) is 5.91 Å². The smallest absolute Gasteiger partial charge is 0.242 e. The third-order valence-corrected chi connectivity index (χ3v) is 6.29. The molecule has 1 aliphatic heterocycles. The topological polar surface area (TPSA) is 80.5 Å². The van der Waals surface area contributed by atoms with E-state index in [0.29, 0.717) is 25.2 Å². The molecule has 0 bridgehead atoms.